The molecule has 6 saturated heterocycles. The third-order valence-electron chi connectivity index (χ3n) is 13.2. The normalized spacial score (nSPS) is 40.9. The molecule has 45 heavy (non-hydrogen) atoms. The van der Waals surface area contributed by atoms with E-state index in [-0.39, 0.29) is 57.6 Å². The Labute approximate surface area is 273 Å². The van der Waals surface area contributed by atoms with Crippen LogP contribution in [0.4, 0.5) is 0 Å². The van der Waals surface area contributed by atoms with Crippen molar-refractivity contribution in [3.63, 3.8) is 0 Å². The lowest BCUT2D eigenvalue weighted by Gasteiger charge is -2.64. The third kappa shape index (κ3) is 5.66. The van der Waals surface area contributed by atoms with Gasteiger partial charge in [-0.05, 0) is 104 Å². The van der Waals surface area contributed by atoms with E-state index in [1.54, 1.807) is 0 Å². The van der Waals surface area contributed by atoms with Gasteiger partial charge < -0.3 is 28.4 Å². The molecule has 0 aromatic carbocycles. The van der Waals surface area contributed by atoms with E-state index in [0.29, 0.717) is 13.2 Å². The fourth-order valence-corrected chi connectivity index (χ4v) is 10.6. The number of ether oxygens (including phenoxy) is 6. The van der Waals surface area contributed by atoms with Gasteiger partial charge in [-0.2, -0.15) is 0 Å². The van der Waals surface area contributed by atoms with E-state index in [2.05, 4.69) is 119 Å². The standard InChI is InChI=1S/C36H65N3O6/c1-28(2)18-34(19-29(3,4)37(28)13)40-16-24(42-34)27-26-25(43-36(45-27)22-32(9,10)39(15)33(11,12)23-36)17-41-35(44-26)20-30(5,6)38(14)31(7,8)21-35/h24-27H,16-23H2,1-15H3/t24-,25+,26-,27-/m1/s1. The van der Waals surface area contributed by atoms with Gasteiger partial charge in [0.15, 0.2) is 17.4 Å². The summed E-state index contributed by atoms with van der Waals surface area (Å²) >= 11 is 0. The van der Waals surface area contributed by atoms with Gasteiger partial charge in [-0.1, -0.05) is 0 Å². The maximum atomic E-state index is 7.35. The maximum Gasteiger partial charge on any atom is 0.173 e. The Bertz CT molecular complexity index is 1110. The molecule has 4 atom stereocenters. The van der Waals surface area contributed by atoms with Crippen LogP contribution in [-0.2, 0) is 28.4 Å². The van der Waals surface area contributed by atoms with Gasteiger partial charge in [-0.25, -0.2) is 0 Å². The van der Waals surface area contributed by atoms with Gasteiger partial charge in [-0.3, -0.25) is 14.7 Å². The van der Waals surface area contributed by atoms with Gasteiger partial charge in [0.2, 0.25) is 0 Å². The summed E-state index contributed by atoms with van der Waals surface area (Å²) < 4.78 is 42.4. The first-order valence-electron chi connectivity index (χ1n) is 17.5. The van der Waals surface area contributed by atoms with Gasteiger partial charge in [0.05, 0.1) is 13.2 Å². The molecule has 0 N–H and O–H groups in total. The highest BCUT2D eigenvalue weighted by molar-refractivity contribution is 5.11. The molecule has 6 heterocycles. The van der Waals surface area contributed by atoms with Crippen molar-refractivity contribution in [2.75, 3.05) is 34.4 Å². The summed E-state index contributed by atoms with van der Waals surface area (Å²) in [6.07, 6.45) is 3.41. The number of fused-ring (bicyclic) bond motifs is 1. The molecule has 0 radical (unpaired) electrons. The Morgan fingerprint density at radius 1 is 0.378 bits per heavy atom. The van der Waals surface area contributed by atoms with Gasteiger partial charge in [-0.15, -0.1) is 0 Å². The molecule has 3 spiro atoms. The summed E-state index contributed by atoms with van der Waals surface area (Å²) in [4.78, 5) is 7.41. The largest absolute Gasteiger partial charge is 0.347 e. The summed E-state index contributed by atoms with van der Waals surface area (Å²) in [5.74, 6) is -2.17. The highest BCUT2D eigenvalue weighted by Crippen LogP contribution is 2.55. The van der Waals surface area contributed by atoms with Crippen LogP contribution >= 0.6 is 0 Å². The zero-order chi connectivity index (χ0) is 33.4. The Morgan fingerprint density at radius 3 is 0.956 bits per heavy atom. The lowest BCUT2D eigenvalue weighted by molar-refractivity contribution is -0.450. The molecule has 6 aliphatic heterocycles. The Hall–Kier alpha value is -0.360. The van der Waals surface area contributed by atoms with Crippen molar-refractivity contribution in [1.29, 1.82) is 0 Å². The number of hydrogen-bond acceptors (Lipinski definition) is 9. The zero-order valence-corrected chi connectivity index (χ0v) is 31.3. The minimum absolute atomic E-state index is 0.0799. The van der Waals surface area contributed by atoms with Crippen LogP contribution in [0.1, 0.15) is 122 Å². The smallest absolute Gasteiger partial charge is 0.173 e. The van der Waals surface area contributed by atoms with Gasteiger partial charge in [0.1, 0.15) is 24.4 Å². The summed E-state index contributed by atoms with van der Waals surface area (Å²) in [5, 5.41) is 0. The number of nitrogens with zero attached hydrogens (tertiary/aromatic N) is 3. The molecular formula is C36H65N3O6. The second-order valence-corrected chi connectivity index (χ2v) is 19.4. The van der Waals surface area contributed by atoms with Gasteiger partial charge >= 0.3 is 0 Å². The van der Waals surface area contributed by atoms with Crippen LogP contribution in [0.3, 0.4) is 0 Å². The van der Waals surface area contributed by atoms with Gasteiger partial charge in [0, 0.05) is 71.8 Å². The molecular weight excluding hydrogens is 570 g/mol. The Balaban J connectivity index is 1.35. The minimum Gasteiger partial charge on any atom is -0.347 e. The molecule has 9 nitrogen and oxygen atoms in total. The van der Waals surface area contributed by atoms with Crippen LogP contribution in [0.25, 0.3) is 0 Å². The van der Waals surface area contributed by atoms with Crippen molar-refractivity contribution in [3.8, 4) is 0 Å². The van der Waals surface area contributed by atoms with Crippen molar-refractivity contribution >= 4 is 0 Å². The average Bonchev–Trinajstić information content (AvgIpc) is 3.25. The SMILES string of the molecule is CN1C(C)(C)CC2(CC1(C)C)OC[C@@H]1OC3(CC(C)(C)N(C)C(C)(C)C3)O[C@H]([C@H]3COC4(CC(C)(C)N(C)C(C)(C)C4)O3)[C@@H]1O2. The maximum absolute atomic E-state index is 7.35. The third-order valence-corrected chi connectivity index (χ3v) is 13.2. The lowest BCUT2D eigenvalue weighted by atomic mass is 9.75. The monoisotopic (exact) mass is 635 g/mol. The van der Waals surface area contributed by atoms with E-state index in [1.165, 1.54) is 0 Å². The van der Waals surface area contributed by atoms with E-state index < -0.39 is 17.4 Å². The van der Waals surface area contributed by atoms with Crippen LogP contribution in [0.2, 0.25) is 0 Å². The summed E-state index contributed by atoms with van der Waals surface area (Å²) in [6, 6.07) is 0. The fourth-order valence-electron chi connectivity index (χ4n) is 10.6. The number of piperidine rings is 3. The van der Waals surface area contributed by atoms with Crippen molar-refractivity contribution in [2.45, 2.75) is 197 Å². The Morgan fingerprint density at radius 2 is 0.622 bits per heavy atom. The topological polar surface area (TPSA) is 65.1 Å². The molecule has 0 bridgehead atoms. The lowest BCUT2D eigenvalue weighted by Crippen LogP contribution is -2.74. The van der Waals surface area contributed by atoms with Crippen LogP contribution in [0.15, 0.2) is 0 Å². The number of hydrogen-bond donors (Lipinski definition) is 0. The predicted octanol–water partition coefficient (Wildman–Crippen LogP) is 5.54. The van der Waals surface area contributed by atoms with Crippen molar-refractivity contribution in [2.24, 2.45) is 0 Å². The summed E-state index contributed by atoms with van der Waals surface area (Å²) in [7, 11) is 6.66. The molecule has 0 saturated carbocycles. The Kier molecular flexibility index (Phi) is 7.74. The number of rotatable bonds is 1. The molecule has 260 valence electrons. The second kappa shape index (κ2) is 10.1. The van der Waals surface area contributed by atoms with Crippen molar-refractivity contribution < 1.29 is 28.4 Å². The molecule has 6 fully saturated rings. The van der Waals surface area contributed by atoms with E-state index in [0.717, 1.165) is 38.5 Å². The van der Waals surface area contributed by atoms with Crippen LogP contribution in [0.5, 0.6) is 0 Å². The predicted molar refractivity (Wildman–Crippen MR) is 175 cm³/mol. The highest BCUT2D eigenvalue weighted by Gasteiger charge is 2.66. The van der Waals surface area contributed by atoms with Crippen LogP contribution in [0, 0.1) is 0 Å². The first kappa shape index (κ1) is 34.5. The second-order valence-electron chi connectivity index (χ2n) is 19.4. The molecule has 6 aliphatic rings. The van der Waals surface area contributed by atoms with Crippen LogP contribution < -0.4 is 0 Å². The molecule has 0 amide bonds. The molecule has 9 heteroatoms. The van der Waals surface area contributed by atoms with E-state index in [4.69, 9.17) is 28.4 Å². The molecule has 6 rings (SSSR count). The fraction of sp³-hybridized carbons (Fsp3) is 1.00. The molecule has 0 aromatic rings. The van der Waals surface area contributed by atoms with E-state index in [1.807, 2.05) is 0 Å². The highest BCUT2D eigenvalue weighted by atomic mass is 16.8. The summed E-state index contributed by atoms with van der Waals surface area (Å²) in [5.41, 5.74) is -0.630. The quantitative estimate of drug-likeness (QED) is 0.370. The van der Waals surface area contributed by atoms with Crippen molar-refractivity contribution in [1.82, 2.24) is 14.7 Å². The molecule has 0 unspecified atom stereocenters. The first-order chi connectivity index (χ1) is 20.3. The molecule has 0 aliphatic carbocycles. The average molecular weight is 636 g/mol. The number of likely N-dealkylation sites (tertiary alicyclic amines) is 3. The molecule has 0 aromatic heterocycles. The van der Waals surface area contributed by atoms with Crippen LogP contribution in [-0.4, -0.2) is 124 Å². The van der Waals surface area contributed by atoms with E-state index >= 15 is 0 Å². The van der Waals surface area contributed by atoms with E-state index in [9.17, 15) is 0 Å². The first-order valence-corrected chi connectivity index (χ1v) is 17.5. The summed E-state index contributed by atoms with van der Waals surface area (Å²) in [6.45, 7) is 28.5. The minimum atomic E-state index is -0.779. The van der Waals surface area contributed by atoms with Crippen molar-refractivity contribution in [3.05, 3.63) is 0 Å². The van der Waals surface area contributed by atoms with Gasteiger partial charge in [0.25, 0.3) is 0 Å². The zero-order valence-electron chi connectivity index (χ0n) is 31.3.